The normalized spacial score (nSPS) is 10.3. The fourth-order valence-electron chi connectivity index (χ4n) is 2.15. The lowest BCUT2D eigenvalue weighted by atomic mass is 10.2. The highest BCUT2D eigenvalue weighted by atomic mass is 19.1. The maximum absolute atomic E-state index is 13.7. The second-order valence-electron chi connectivity index (χ2n) is 5.30. The maximum atomic E-state index is 13.7. The van der Waals surface area contributed by atoms with E-state index in [1.807, 2.05) is 0 Å². The first-order chi connectivity index (χ1) is 12.5. The first-order valence-corrected chi connectivity index (χ1v) is 7.56. The van der Waals surface area contributed by atoms with E-state index in [9.17, 15) is 13.6 Å². The summed E-state index contributed by atoms with van der Waals surface area (Å²) in [6.45, 7) is 1.42. The van der Waals surface area contributed by atoms with E-state index in [0.29, 0.717) is 17.2 Å². The van der Waals surface area contributed by atoms with Crippen molar-refractivity contribution >= 4 is 34.7 Å². The Morgan fingerprint density at radius 2 is 1.85 bits per heavy atom. The molecule has 0 fully saturated rings. The third-order valence-electron chi connectivity index (χ3n) is 3.19. The van der Waals surface area contributed by atoms with E-state index in [0.717, 1.165) is 12.1 Å². The van der Waals surface area contributed by atoms with Crippen molar-refractivity contribution in [2.45, 2.75) is 6.92 Å². The van der Waals surface area contributed by atoms with Gasteiger partial charge in [-0.15, -0.1) is 5.10 Å². The van der Waals surface area contributed by atoms with Gasteiger partial charge in [-0.1, -0.05) is 6.07 Å². The Labute approximate surface area is 147 Å². The number of hydrogen-bond acceptors (Lipinski definition) is 6. The standard InChI is InChI=1S/C17H14F2N6O/c1-10(26)21-12-3-2-4-13(8-12)22-16-9-20-25-17(24-16)23-15-6-5-11(18)7-14(15)19/h2-9H,1H3,(H,21,26)(H2,22,23,24,25). The molecule has 3 rings (SSSR count). The Hall–Kier alpha value is -3.62. The van der Waals surface area contributed by atoms with Gasteiger partial charge in [0.25, 0.3) is 0 Å². The van der Waals surface area contributed by atoms with Crippen LogP contribution in [0.2, 0.25) is 0 Å². The minimum atomic E-state index is -0.769. The van der Waals surface area contributed by atoms with E-state index in [1.54, 1.807) is 24.3 Å². The molecule has 0 saturated heterocycles. The van der Waals surface area contributed by atoms with Crippen molar-refractivity contribution in [1.82, 2.24) is 15.2 Å². The summed E-state index contributed by atoms with van der Waals surface area (Å²) in [5.41, 5.74) is 1.31. The number of aromatic nitrogens is 3. The molecule has 1 aromatic heterocycles. The summed E-state index contributed by atoms with van der Waals surface area (Å²) in [6.07, 6.45) is 1.39. The van der Waals surface area contributed by atoms with E-state index in [-0.39, 0.29) is 17.5 Å². The highest BCUT2D eigenvalue weighted by Crippen LogP contribution is 2.21. The number of nitrogens with one attached hydrogen (secondary N) is 3. The molecule has 3 N–H and O–H groups in total. The summed E-state index contributed by atoms with van der Waals surface area (Å²) in [5, 5.41) is 15.9. The molecule has 0 radical (unpaired) electrons. The molecule has 0 saturated carbocycles. The Balaban J connectivity index is 1.76. The summed E-state index contributed by atoms with van der Waals surface area (Å²) in [7, 11) is 0. The van der Waals surface area contributed by atoms with Crippen LogP contribution in [0, 0.1) is 11.6 Å². The van der Waals surface area contributed by atoms with Crippen LogP contribution in [-0.4, -0.2) is 21.1 Å². The first kappa shape index (κ1) is 17.2. The third kappa shape index (κ3) is 4.47. The van der Waals surface area contributed by atoms with Crippen molar-refractivity contribution in [3.05, 3.63) is 60.3 Å². The Morgan fingerprint density at radius 3 is 2.62 bits per heavy atom. The average Bonchev–Trinajstić information content (AvgIpc) is 2.57. The molecule has 3 aromatic rings. The summed E-state index contributed by atoms with van der Waals surface area (Å²) < 4.78 is 26.7. The number of hydrogen-bond donors (Lipinski definition) is 3. The van der Waals surface area contributed by atoms with Crippen molar-refractivity contribution in [1.29, 1.82) is 0 Å². The zero-order valence-corrected chi connectivity index (χ0v) is 13.6. The SMILES string of the molecule is CC(=O)Nc1cccc(Nc2cnnc(Nc3ccc(F)cc3F)n2)c1. The van der Waals surface area contributed by atoms with Gasteiger partial charge in [0.05, 0.1) is 11.9 Å². The fourth-order valence-corrected chi connectivity index (χ4v) is 2.15. The Kier molecular flexibility index (Phi) is 4.97. The third-order valence-corrected chi connectivity index (χ3v) is 3.19. The second kappa shape index (κ2) is 7.51. The van der Waals surface area contributed by atoms with Crippen molar-refractivity contribution in [2.75, 3.05) is 16.0 Å². The fraction of sp³-hybridized carbons (Fsp3) is 0.0588. The lowest BCUT2D eigenvalue weighted by Gasteiger charge is -2.09. The lowest BCUT2D eigenvalue weighted by molar-refractivity contribution is -0.114. The van der Waals surface area contributed by atoms with Crippen molar-refractivity contribution in [3.8, 4) is 0 Å². The number of carbonyl (C=O) groups excluding carboxylic acids is 1. The van der Waals surface area contributed by atoms with Gasteiger partial charge in [0.2, 0.25) is 11.9 Å². The van der Waals surface area contributed by atoms with Gasteiger partial charge in [-0.25, -0.2) is 8.78 Å². The van der Waals surface area contributed by atoms with Gasteiger partial charge in [-0.2, -0.15) is 10.1 Å². The molecular formula is C17H14F2N6O. The Morgan fingerprint density at radius 1 is 1.04 bits per heavy atom. The van der Waals surface area contributed by atoms with Gasteiger partial charge in [-0.05, 0) is 30.3 Å². The lowest BCUT2D eigenvalue weighted by Crippen LogP contribution is -2.06. The van der Waals surface area contributed by atoms with Gasteiger partial charge in [0.15, 0.2) is 5.82 Å². The number of rotatable bonds is 5. The van der Waals surface area contributed by atoms with Gasteiger partial charge >= 0.3 is 0 Å². The molecule has 0 aliphatic carbocycles. The number of anilines is 5. The molecule has 9 heteroatoms. The van der Waals surface area contributed by atoms with Gasteiger partial charge in [0, 0.05) is 24.4 Å². The molecule has 0 atom stereocenters. The average molecular weight is 356 g/mol. The van der Waals surface area contributed by atoms with Gasteiger partial charge < -0.3 is 16.0 Å². The van der Waals surface area contributed by atoms with Crippen molar-refractivity contribution in [3.63, 3.8) is 0 Å². The van der Waals surface area contributed by atoms with Crippen LogP contribution in [0.3, 0.4) is 0 Å². The molecule has 1 amide bonds. The van der Waals surface area contributed by atoms with E-state index in [2.05, 4.69) is 31.1 Å². The number of carbonyl (C=O) groups is 1. The minimum Gasteiger partial charge on any atom is -0.339 e. The minimum absolute atomic E-state index is 0.0259. The van der Waals surface area contributed by atoms with E-state index >= 15 is 0 Å². The highest BCUT2D eigenvalue weighted by molar-refractivity contribution is 5.89. The zero-order valence-electron chi connectivity index (χ0n) is 13.6. The van der Waals surface area contributed by atoms with Crippen molar-refractivity contribution in [2.24, 2.45) is 0 Å². The number of amides is 1. The molecule has 0 unspecified atom stereocenters. The number of nitrogens with zero attached hydrogens (tertiary/aromatic N) is 3. The molecule has 26 heavy (non-hydrogen) atoms. The van der Waals surface area contributed by atoms with Crippen molar-refractivity contribution < 1.29 is 13.6 Å². The molecule has 132 valence electrons. The highest BCUT2D eigenvalue weighted by Gasteiger charge is 2.07. The molecular weight excluding hydrogens is 342 g/mol. The maximum Gasteiger partial charge on any atom is 0.249 e. The van der Waals surface area contributed by atoms with E-state index in [4.69, 9.17) is 0 Å². The smallest absolute Gasteiger partial charge is 0.249 e. The predicted molar refractivity (Wildman–Crippen MR) is 93.5 cm³/mol. The van der Waals surface area contributed by atoms with Crippen LogP contribution in [0.1, 0.15) is 6.92 Å². The summed E-state index contributed by atoms with van der Waals surface area (Å²) in [6, 6.07) is 10.1. The quantitative estimate of drug-likeness (QED) is 0.647. The second-order valence-corrected chi connectivity index (χ2v) is 5.30. The van der Waals surface area contributed by atoms with Crippen LogP contribution in [0.4, 0.5) is 37.6 Å². The van der Waals surface area contributed by atoms with Crippen LogP contribution in [0.25, 0.3) is 0 Å². The van der Waals surface area contributed by atoms with E-state index in [1.165, 1.54) is 19.2 Å². The molecule has 0 aliphatic rings. The van der Waals surface area contributed by atoms with E-state index < -0.39 is 11.6 Å². The summed E-state index contributed by atoms with van der Waals surface area (Å²) in [4.78, 5) is 15.3. The van der Waals surface area contributed by atoms with Crippen LogP contribution in [-0.2, 0) is 4.79 Å². The molecule has 1 heterocycles. The predicted octanol–water partition coefficient (Wildman–Crippen LogP) is 3.60. The monoisotopic (exact) mass is 356 g/mol. The summed E-state index contributed by atoms with van der Waals surface area (Å²) in [5.74, 6) is -1.24. The molecule has 2 aromatic carbocycles. The Bertz CT molecular complexity index is 950. The molecule has 0 spiro atoms. The van der Waals surface area contributed by atoms with Crippen LogP contribution in [0.5, 0.6) is 0 Å². The number of benzene rings is 2. The molecule has 0 bridgehead atoms. The summed E-state index contributed by atoms with van der Waals surface area (Å²) >= 11 is 0. The van der Waals surface area contributed by atoms with Crippen LogP contribution >= 0.6 is 0 Å². The topological polar surface area (TPSA) is 91.8 Å². The molecule has 7 nitrogen and oxygen atoms in total. The first-order valence-electron chi connectivity index (χ1n) is 7.56. The van der Waals surface area contributed by atoms with Gasteiger partial charge in [0.1, 0.15) is 11.6 Å². The van der Waals surface area contributed by atoms with Crippen LogP contribution < -0.4 is 16.0 Å². The molecule has 0 aliphatic heterocycles. The number of halogens is 2. The van der Waals surface area contributed by atoms with Gasteiger partial charge in [-0.3, -0.25) is 4.79 Å². The van der Waals surface area contributed by atoms with Crippen LogP contribution in [0.15, 0.2) is 48.7 Å². The zero-order chi connectivity index (χ0) is 18.5. The largest absolute Gasteiger partial charge is 0.339 e.